The van der Waals surface area contributed by atoms with Crippen molar-refractivity contribution in [1.82, 2.24) is 0 Å². The van der Waals surface area contributed by atoms with Gasteiger partial charge in [-0.1, -0.05) is 0 Å². The Balaban J connectivity index is 1.67. The Morgan fingerprint density at radius 1 is 0.950 bits per heavy atom. The van der Waals surface area contributed by atoms with Gasteiger partial charge in [0.1, 0.15) is 6.61 Å². The van der Waals surface area contributed by atoms with Gasteiger partial charge in [-0.05, 0) is 38.5 Å². The first-order chi connectivity index (χ1) is 9.90. The molecule has 0 spiro atoms. The van der Waals surface area contributed by atoms with Crippen LogP contribution in [-0.4, -0.2) is 45.2 Å². The summed E-state index contributed by atoms with van der Waals surface area (Å²) in [7, 11) is 1.79. The predicted molar refractivity (Wildman–Crippen MR) is 74.2 cm³/mol. The lowest BCUT2D eigenvalue weighted by molar-refractivity contribution is -0.165. The fraction of sp³-hybridized carbons (Fsp3) is 0.938. The second kappa shape index (κ2) is 7.21. The van der Waals surface area contributed by atoms with Crippen LogP contribution < -0.4 is 0 Å². The third kappa shape index (κ3) is 3.19. The minimum atomic E-state index is 0.106. The van der Waals surface area contributed by atoms with Gasteiger partial charge < -0.3 is 18.9 Å². The van der Waals surface area contributed by atoms with Crippen LogP contribution in [0.1, 0.15) is 38.5 Å². The van der Waals surface area contributed by atoms with E-state index in [1.165, 1.54) is 19.3 Å². The van der Waals surface area contributed by atoms with Crippen LogP contribution in [0, 0.1) is 18.4 Å². The fourth-order valence-corrected chi connectivity index (χ4v) is 3.75. The molecule has 0 aromatic carbocycles. The third-order valence-corrected chi connectivity index (χ3v) is 4.85. The molecule has 2 radical (unpaired) electrons. The molecule has 5 unspecified atom stereocenters. The molecular weight excluding hydrogens is 256 g/mol. The number of methoxy groups -OCH3 is 1. The Bertz CT molecular complexity index is 258. The van der Waals surface area contributed by atoms with Gasteiger partial charge in [0.15, 0.2) is 0 Å². The lowest BCUT2D eigenvalue weighted by Crippen LogP contribution is -2.51. The van der Waals surface area contributed by atoms with Gasteiger partial charge in [-0.25, -0.2) is 0 Å². The molecule has 3 aliphatic heterocycles. The van der Waals surface area contributed by atoms with Crippen molar-refractivity contribution < 1.29 is 18.9 Å². The van der Waals surface area contributed by atoms with E-state index in [1.54, 1.807) is 7.11 Å². The van der Waals surface area contributed by atoms with Crippen LogP contribution in [0.3, 0.4) is 0 Å². The molecule has 5 atom stereocenters. The molecule has 0 amide bonds. The summed E-state index contributed by atoms with van der Waals surface area (Å²) in [6, 6.07) is 0. The van der Waals surface area contributed by atoms with E-state index in [-0.39, 0.29) is 24.2 Å². The Labute approximate surface area is 122 Å². The molecule has 0 saturated carbocycles. The molecule has 20 heavy (non-hydrogen) atoms. The smallest absolute Gasteiger partial charge is 0.140 e. The summed E-state index contributed by atoms with van der Waals surface area (Å²) in [5.74, 6) is 0.418. The summed E-state index contributed by atoms with van der Waals surface area (Å²) >= 11 is 0. The monoisotopic (exact) mass is 282 g/mol. The fourth-order valence-electron chi connectivity index (χ4n) is 3.75. The average molecular weight is 282 g/mol. The predicted octanol–water partition coefficient (Wildman–Crippen LogP) is 2.44. The molecule has 3 heterocycles. The van der Waals surface area contributed by atoms with E-state index in [1.807, 2.05) is 0 Å². The van der Waals surface area contributed by atoms with Gasteiger partial charge in [0, 0.05) is 32.2 Å². The van der Waals surface area contributed by atoms with Gasteiger partial charge in [0.25, 0.3) is 0 Å². The van der Waals surface area contributed by atoms with Crippen LogP contribution in [0.15, 0.2) is 0 Å². The molecule has 3 aliphatic rings. The highest BCUT2D eigenvalue weighted by Crippen LogP contribution is 2.37. The summed E-state index contributed by atoms with van der Waals surface area (Å²) in [5, 5.41) is 0. The van der Waals surface area contributed by atoms with Crippen LogP contribution in [0.4, 0.5) is 0 Å². The van der Waals surface area contributed by atoms with Crippen molar-refractivity contribution in [3.05, 3.63) is 6.61 Å². The molecule has 0 bridgehead atoms. The third-order valence-electron chi connectivity index (χ3n) is 4.85. The minimum Gasteiger partial charge on any atom is -0.380 e. The highest BCUT2D eigenvalue weighted by molar-refractivity contribution is 4.95. The molecule has 3 rings (SSSR count). The van der Waals surface area contributed by atoms with Crippen molar-refractivity contribution in [1.29, 1.82) is 0 Å². The summed E-state index contributed by atoms with van der Waals surface area (Å²) in [6.45, 7) is 5.53. The summed E-state index contributed by atoms with van der Waals surface area (Å²) in [5.41, 5.74) is 0. The standard InChI is InChI=1S/C16H26O4/c1-17-16-12(14-6-2-4-8-19-14)10-18-11-13(16)15-7-3-5-9-20-15/h12-16H,2-10H2,1H3. The maximum Gasteiger partial charge on any atom is 0.140 e. The molecule has 3 saturated heterocycles. The Kier molecular flexibility index (Phi) is 5.32. The zero-order valence-corrected chi connectivity index (χ0v) is 12.4. The van der Waals surface area contributed by atoms with Gasteiger partial charge in [-0.2, -0.15) is 0 Å². The van der Waals surface area contributed by atoms with Crippen LogP contribution >= 0.6 is 0 Å². The van der Waals surface area contributed by atoms with Gasteiger partial charge in [-0.3, -0.25) is 0 Å². The topological polar surface area (TPSA) is 36.9 Å². The average Bonchev–Trinajstić information content (AvgIpc) is 2.55. The van der Waals surface area contributed by atoms with E-state index in [2.05, 4.69) is 6.61 Å². The number of ether oxygens (including phenoxy) is 4. The highest BCUT2D eigenvalue weighted by Gasteiger charge is 2.44. The van der Waals surface area contributed by atoms with Gasteiger partial charge >= 0.3 is 0 Å². The molecule has 4 nitrogen and oxygen atoms in total. The minimum absolute atomic E-state index is 0.106. The lowest BCUT2D eigenvalue weighted by atomic mass is 9.79. The van der Waals surface area contributed by atoms with E-state index in [0.717, 1.165) is 32.5 Å². The van der Waals surface area contributed by atoms with Crippen molar-refractivity contribution in [2.24, 2.45) is 11.8 Å². The molecule has 3 fully saturated rings. The SMILES string of the molecule is COC1C(C2CCCCO2)[C]OCC1C1CCCCO1. The zero-order chi connectivity index (χ0) is 13.8. The second-order valence-electron chi connectivity index (χ2n) is 6.13. The lowest BCUT2D eigenvalue weighted by Gasteiger charge is -2.44. The van der Waals surface area contributed by atoms with Crippen molar-refractivity contribution >= 4 is 0 Å². The van der Waals surface area contributed by atoms with E-state index < -0.39 is 0 Å². The Morgan fingerprint density at radius 3 is 2.25 bits per heavy atom. The number of hydrogen-bond donors (Lipinski definition) is 0. The van der Waals surface area contributed by atoms with Crippen molar-refractivity contribution in [3.63, 3.8) is 0 Å². The molecule has 0 aromatic heterocycles. The van der Waals surface area contributed by atoms with Crippen molar-refractivity contribution in [2.45, 2.75) is 56.8 Å². The van der Waals surface area contributed by atoms with E-state index >= 15 is 0 Å². The first-order valence-electron chi connectivity index (χ1n) is 8.03. The van der Waals surface area contributed by atoms with Gasteiger partial charge in [-0.15, -0.1) is 0 Å². The number of hydrogen-bond acceptors (Lipinski definition) is 4. The van der Waals surface area contributed by atoms with E-state index in [9.17, 15) is 0 Å². The summed E-state index contributed by atoms with van der Waals surface area (Å²) in [6.07, 6.45) is 7.58. The normalized spacial score (nSPS) is 43.4. The molecule has 0 N–H and O–H groups in total. The first kappa shape index (κ1) is 14.8. The van der Waals surface area contributed by atoms with Crippen LogP contribution in [0.25, 0.3) is 0 Å². The quantitative estimate of drug-likeness (QED) is 0.797. The largest absolute Gasteiger partial charge is 0.380 e. The van der Waals surface area contributed by atoms with E-state index in [0.29, 0.717) is 12.5 Å². The van der Waals surface area contributed by atoms with Crippen LogP contribution in [0.5, 0.6) is 0 Å². The maximum atomic E-state index is 5.96. The molecular formula is C16H26O4. The van der Waals surface area contributed by atoms with Gasteiger partial charge in [0.05, 0.1) is 24.9 Å². The molecule has 4 heteroatoms. The molecule has 0 aliphatic carbocycles. The van der Waals surface area contributed by atoms with Crippen molar-refractivity contribution in [2.75, 3.05) is 26.9 Å². The van der Waals surface area contributed by atoms with Crippen LogP contribution in [-0.2, 0) is 18.9 Å². The van der Waals surface area contributed by atoms with Gasteiger partial charge in [0.2, 0.25) is 0 Å². The van der Waals surface area contributed by atoms with Crippen molar-refractivity contribution in [3.8, 4) is 0 Å². The van der Waals surface area contributed by atoms with E-state index in [4.69, 9.17) is 18.9 Å². The number of rotatable bonds is 3. The molecule has 114 valence electrons. The highest BCUT2D eigenvalue weighted by atomic mass is 16.5. The molecule has 0 aromatic rings. The van der Waals surface area contributed by atoms with Crippen LogP contribution in [0.2, 0.25) is 0 Å². The first-order valence-corrected chi connectivity index (χ1v) is 8.03. The summed E-state index contributed by atoms with van der Waals surface area (Å²) in [4.78, 5) is 0. The Hall–Kier alpha value is -0.160. The summed E-state index contributed by atoms with van der Waals surface area (Å²) < 4.78 is 23.3. The maximum absolute atomic E-state index is 5.96. The second-order valence-corrected chi connectivity index (χ2v) is 6.13. The Morgan fingerprint density at radius 2 is 1.65 bits per heavy atom. The zero-order valence-electron chi connectivity index (χ0n) is 12.4.